The average molecular weight is 521 g/mol. The molecule has 0 aromatic heterocycles. The SMILES string of the molecule is CCNC(=NCc1ccc(O)c(OCC)c1)NCCOc1ccc(F)cc1F.I. The Morgan fingerprint density at radius 2 is 1.83 bits per heavy atom. The predicted octanol–water partition coefficient (Wildman–Crippen LogP) is 3.82. The van der Waals surface area contributed by atoms with E-state index in [4.69, 9.17) is 9.47 Å². The lowest BCUT2D eigenvalue weighted by Gasteiger charge is -2.13. The molecule has 9 heteroatoms. The van der Waals surface area contributed by atoms with Gasteiger partial charge in [-0.15, -0.1) is 24.0 Å². The molecule has 0 amide bonds. The summed E-state index contributed by atoms with van der Waals surface area (Å²) in [5.41, 5.74) is 0.878. The number of guanidine groups is 1. The second-order valence-electron chi connectivity index (χ2n) is 5.78. The van der Waals surface area contributed by atoms with Crippen LogP contribution in [0, 0.1) is 11.6 Å². The Labute approximate surface area is 186 Å². The van der Waals surface area contributed by atoms with Gasteiger partial charge in [-0.1, -0.05) is 6.07 Å². The highest BCUT2D eigenvalue weighted by Gasteiger charge is 2.06. The van der Waals surface area contributed by atoms with Crippen LogP contribution in [0.4, 0.5) is 8.78 Å². The van der Waals surface area contributed by atoms with Crippen molar-refractivity contribution in [2.75, 3.05) is 26.3 Å². The van der Waals surface area contributed by atoms with Gasteiger partial charge in [-0.2, -0.15) is 0 Å². The summed E-state index contributed by atoms with van der Waals surface area (Å²) in [6.45, 7) is 5.84. The fourth-order valence-corrected chi connectivity index (χ4v) is 2.36. The number of phenolic OH excluding ortho intramolecular Hbond substituents is 1. The predicted molar refractivity (Wildman–Crippen MR) is 119 cm³/mol. The van der Waals surface area contributed by atoms with Crippen molar-refractivity contribution < 1.29 is 23.4 Å². The van der Waals surface area contributed by atoms with Crippen molar-refractivity contribution in [2.24, 2.45) is 4.99 Å². The molecule has 0 spiro atoms. The third kappa shape index (κ3) is 8.30. The molecule has 0 aliphatic carbocycles. The van der Waals surface area contributed by atoms with Crippen LogP contribution in [0.3, 0.4) is 0 Å². The van der Waals surface area contributed by atoms with Crippen LogP contribution < -0.4 is 20.1 Å². The van der Waals surface area contributed by atoms with E-state index in [1.807, 2.05) is 13.8 Å². The van der Waals surface area contributed by atoms with E-state index in [0.717, 1.165) is 17.7 Å². The Balaban J connectivity index is 0.00000420. The molecular weight excluding hydrogens is 495 g/mol. The Bertz CT molecular complexity index is 807. The largest absolute Gasteiger partial charge is 0.504 e. The molecule has 0 bridgehead atoms. The van der Waals surface area contributed by atoms with E-state index in [1.54, 1.807) is 18.2 Å². The molecule has 0 aliphatic heterocycles. The van der Waals surface area contributed by atoms with E-state index in [-0.39, 0.29) is 42.1 Å². The fourth-order valence-electron chi connectivity index (χ4n) is 2.36. The van der Waals surface area contributed by atoms with E-state index < -0.39 is 11.6 Å². The molecule has 0 saturated heterocycles. The van der Waals surface area contributed by atoms with E-state index in [2.05, 4.69) is 15.6 Å². The van der Waals surface area contributed by atoms with Gasteiger partial charge in [0.2, 0.25) is 0 Å². The maximum Gasteiger partial charge on any atom is 0.191 e. The smallest absolute Gasteiger partial charge is 0.191 e. The molecular formula is C20H26F2IN3O3. The van der Waals surface area contributed by atoms with Gasteiger partial charge in [0.15, 0.2) is 29.0 Å². The van der Waals surface area contributed by atoms with Crippen LogP contribution in [0.15, 0.2) is 41.4 Å². The van der Waals surface area contributed by atoms with Crippen molar-refractivity contribution in [3.8, 4) is 17.2 Å². The van der Waals surface area contributed by atoms with Crippen LogP contribution in [0.25, 0.3) is 0 Å². The number of rotatable bonds is 9. The molecule has 29 heavy (non-hydrogen) atoms. The van der Waals surface area contributed by atoms with Crippen LogP contribution in [0.5, 0.6) is 17.2 Å². The monoisotopic (exact) mass is 521 g/mol. The van der Waals surface area contributed by atoms with E-state index in [9.17, 15) is 13.9 Å². The molecule has 0 saturated carbocycles. The number of hydrogen-bond acceptors (Lipinski definition) is 4. The molecule has 2 aromatic rings. The maximum absolute atomic E-state index is 13.5. The second kappa shape index (κ2) is 13.0. The third-order valence-electron chi connectivity index (χ3n) is 3.63. The molecule has 0 unspecified atom stereocenters. The molecule has 0 aliphatic rings. The van der Waals surface area contributed by atoms with Crippen molar-refractivity contribution in [1.82, 2.24) is 10.6 Å². The lowest BCUT2D eigenvalue weighted by atomic mass is 10.2. The highest BCUT2D eigenvalue weighted by molar-refractivity contribution is 14.0. The van der Waals surface area contributed by atoms with E-state index >= 15 is 0 Å². The molecule has 2 rings (SSSR count). The fraction of sp³-hybridized carbons (Fsp3) is 0.350. The van der Waals surface area contributed by atoms with E-state index in [0.29, 0.717) is 38.0 Å². The van der Waals surface area contributed by atoms with Gasteiger partial charge in [-0.05, 0) is 43.7 Å². The normalized spacial score (nSPS) is 10.8. The Kier molecular flexibility index (Phi) is 11.1. The number of phenols is 1. The molecule has 160 valence electrons. The number of aliphatic imine (C=N–C) groups is 1. The zero-order chi connectivity index (χ0) is 20.4. The van der Waals surface area contributed by atoms with Crippen LogP contribution in [0.2, 0.25) is 0 Å². The van der Waals surface area contributed by atoms with Crippen molar-refractivity contribution >= 4 is 29.9 Å². The van der Waals surface area contributed by atoms with Crippen molar-refractivity contribution in [1.29, 1.82) is 0 Å². The summed E-state index contributed by atoms with van der Waals surface area (Å²) in [6.07, 6.45) is 0. The number of ether oxygens (including phenoxy) is 2. The second-order valence-corrected chi connectivity index (χ2v) is 5.78. The topological polar surface area (TPSA) is 75.1 Å². The Hall–Kier alpha value is -2.30. The van der Waals surface area contributed by atoms with Gasteiger partial charge in [0.1, 0.15) is 12.4 Å². The molecule has 0 heterocycles. The summed E-state index contributed by atoms with van der Waals surface area (Å²) in [6, 6.07) is 8.26. The van der Waals surface area contributed by atoms with Gasteiger partial charge < -0.3 is 25.2 Å². The summed E-state index contributed by atoms with van der Waals surface area (Å²) in [7, 11) is 0. The molecule has 6 nitrogen and oxygen atoms in total. The van der Waals surface area contributed by atoms with Crippen molar-refractivity contribution in [3.63, 3.8) is 0 Å². The number of hydrogen-bond donors (Lipinski definition) is 3. The first-order valence-electron chi connectivity index (χ1n) is 9.08. The van der Waals surface area contributed by atoms with Gasteiger partial charge in [0, 0.05) is 12.6 Å². The number of benzene rings is 2. The van der Waals surface area contributed by atoms with Crippen LogP contribution in [-0.2, 0) is 6.54 Å². The van der Waals surface area contributed by atoms with Gasteiger partial charge in [0.05, 0.1) is 19.7 Å². The zero-order valence-electron chi connectivity index (χ0n) is 16.4. The van der Waals surface area contributed by atoms with E-state index in [1.165, 1.54) is 6.07 Å². The van der Waals surface area contributed by atoms with Crippen LogP contribution in [-0.4, -0.2) is 37.4 Å². The van der Waals surface area contributed by atoms with Crippen LogP contribution in [0.1, 0.15) is 19.4 Å². The highest BCUT2D eigenvalue weighted by atomic mass is 127. The quantitative estimate of drug-likeness (QED) is 0.203. The third-order valence-corrected chi connectivity index (χ3v) is 3.63. The Morgan fingerprint density at radius 3 is 2.52 bits per heavy atom. The summed E-state index contributed by atoms with van der Waals surface area (Å²) in [5, 5.41) is 15.9. The lowest BCUT2D eigenvalue weighted by molar-refractivity contribution is 0.304. The first kappa shape index (κ1) is 24.7. The standard InChI is InChI=1S/C20H25F2N3O3.HI/c1-3-23-20(24-9-10-28-18-8-6-15(21)12-16(18)22)25-13-14-5-7-17(26)19(11-14)27-4-2;/h5-8,11-12,26H,3-4,9-10,13H2,1-2H3,(H2,23,24,25);1H. The molecule has 0 atom stereocenters. The molecule has 3 N–H and O–H groups in total. The molecule has 0 radical (unpaired) electrons. The van der Waals surface area contributed by atoms with Gasteiger partial charge in [0.25, 0.3) is 0 Å². The summed E-state index contributed by atoms with van der Waals surface area (Å²) in [5.74, 6) is -0.314. The summed E-state index contributed by atoms with van der Waals surface area (Å²) >= 11 is 0. The number of nitrogens with one attached hydrogen (secondary N) is 2. The minimum Gasteiger partial charge on any atom is -0.504 e. The van der Waals surface area contributed by atoms with Crippen molar-refractivity contribution in [2.45, 2.75) is 20.4 Å². The first-order valence-corrected chi connectivity index (χ1v) is 9.08. The minimum absolute atomic E-state index is 0. The number of nitrogens with zero attached hydrogens (tertiary/aromatic N) is 1. The highest BCUT2D eigenvalue weighted by Crippen LogP contribution is 2.27. The number of halogens is 3. The molecule has 2 aromatic carbocycles. The van der Waals surface area contributed by atoms with Gasteiger partial charge in [-0.3, -0.25) is 0 Å². The van der Waals surface area contributed by atoms with Crippen molar-refractivity contribution in [3.05, 3.63) is 53.6 Å². The first-order chi connectivity index (χ1) is 13.5. The number of aromatic hydroxyl groups is 1. The average Bonchev–Trinajstić information content (AvgIpc) is 2.67. The Morgan fingerprint density at radius 1 is 1.03 bits per heavy atom. The van der Waals surface area contributed by atoms with Crippen LogP contribution >= 0.6 is 24.0 Å². The van der Waals surface area contributed by atoms with Gasteiger partial charge in [-0.25, -0.2) is 13.8 Å². The summed E-state index contributed by atoms with van der Waals surface area (Å²) in [4.78, 5) is 4.47. The maximum atomic E-state index is 13.5. The molecule has 0 fully saturated rings. The lowest BCUT2D eigenvalue weighted by Crippen LogP contribution is -2.39. The van der Waals surface area contributed by atoms with Gasteiger partial charge >= 0.3 is 0 Å². The minimum atomic E-state index is -0.738. The zero-order valence-corrected chi connectivity index (χ0v) is 18.7. The summed E-state index contributed by atoms with van der Waals surface area (Å²) < 4.78 is 37.1.